The minimum absolute atomic E-state index is 0.712. The molecule has 2 aromatic rings. The fraction of sp³-hybridized carbons (Fsp3) is 0.154. The van der Waals surface area contributed by atoms with Crippen LogP contribution in [0.25, 0.3) is 6.08 Å². The molecule has 2 N–H and O–H groups in total. The summed E-state index contributed by atoms with van der Waals surface area (Å²) < 4.78 is 0. The fourth-order valence-corrected chi connectivity index (χ4v) is 2.28. The maximum atomic E-state index is 10.5. The van der Waals surface area contributed by atoms with Crippen LogP contribution in [-0.4, -0.2) is 26.3 Å². The first-order valence-electron chi connectivity index (χ1n) is 5.65. The highest BCUT2D eigenvalue weighted by atomic mass is 32.2. The van der Waals surface area contributed by atoms with Gasteiger partial charge in [-0.05, 0) is 24.1 Å². The average Bonchev–Trinajstić information content (AvgIpc) is 2.80. The molecule has 0 amide bonds. The van der Waals surface area contributed by atoms with Crippen molar-refractivity contribution in [1.29, 1.82) is 0 Å². The van der Waals surface area contributed by atoms with E-state index in [0.717, 1.165) is 28.8 Å². The summed E-state index contributed by atoms with van der Waals surface area (Å²) in [6.07, 6.45) is 2.71. The number of hydrogen-bond acceptors (Lipinski definition) is 4. The second-order valence-electron chi connectivity index (χ2n) is 3.91. The molecule has 0 aliphatic heterocycles. The van der Waals surface area contributed by atoms with Crippen LogP contribution in [0, 0.1) is 6.92 Å². The van der Waals surface area contributed by atoms with Crippen LogP contribution >= 0.6 is 11.8 Å². The predicted octanol–water partition coefficient (Wildman–Crippen LogP) is 2.50. The number of aliphatic carboxylic acids is 1. The fourth-order valence-electron chi connectivity index (χ4n) is 1.49. The number of aromatic amines is 1. The Labute approximate surface area is 114 Å². The molecule has 6 heteroatoms. The van der Waals surface area contributed by atoms with Gasteiger partial charge in [0.2, 0.25) is 5.16 Å². The first-order chi connectivity index (χ1) is 9.13. The number of hydrogen-bond donors (Lipinski definition) is 2. The summed E-state index contributed by atoms with van der Waals surface area (Å²) in [5, 5.41) is 16.1. The van der Waals surface area contributed by atoms with Crippen LogP contribution in [0.5, 0.6) is 0 Å². The Kier molecular flexibility index (Phi) is 4.35. The van der Waals surface area contributed by atoms with E-state index in [2.05, 4.69) is 15.2 Å². The standard InChI is InChI=1S/C13H13N3O2S/c1-9-14-13(16-15-9)19-8-11-4-2-3-10(7-11)5-6-12(17)18/h2-7H,8H2,1H3,(H,17,18)(H,14,15,16)/b6-5+. The number of carboxylic acid groups (broad SMARTS) is 1. The van der Waals surface area contributed by atoms with Crippen LogP contribution in [0.3, 0.4) is 0 Å². The van der Waals surface area contributed by atoms with Crippen LogP contribution in [0.15, 0.2) is 35.5 Å². The molecule has 0 bridgehead atoms. The minimum atomic E-state index is -0.948. The maximum absolute atomic E-state index is 10.5. The van der Waals surface area contributed by atoms with E-state index in [9.17, 15) is 4.79 Å². The van der Waals surface area contributed by atoms with Gasteiger partial charge in [0.15, 0.2) is 0 Å². The van der Waals surface area contributed by atoms with Gasteiger partial charge in [-0.15, -0.1) is 5.10 Å². The zero-order valence-electron chi connectivity index (χ0n) is 10.3. The number of carbonyl (C=O) groups is 1. The third-order valence-corrected chi connectivity index (χ3v) is 3.23. The van der Waals surface area contributed by atoms with Crippen LogP contribution in [-0.2, 0) is 10.5 Å². The highest BCUT2D eigenvalue weighted by Gasteiger charge is 2.01. The van der Waals surface area contributed by atoms with Crippen molar-refractivity contribution in [3.8, 4) is 0 Å². The molecule has 0 unspecified atom stereocenters. The summed E-state index contributed by atoms with van der Waals surface area (Å²) in [4.78, 5) is 14.7. The van der Waals surface area contributed by atoms with E-state index >= 15 is 0 Å². The van der Waals surface area contributed by atoms with Crippen molar-refractivity contribution in [3.05, 3.63) is 47.3 Å². The minimum Gasteiger partial charge on any atom is -0.478 e. The lowest BCUT2D eigenvalue weighted by Gasteiger charge is -2.00. The van der Waals surface area contributed by atoms with Gasteiger partial charge in [-0.25, -0.2) is 9.78 Å². The van der Waals surface area contributed by atoms with Gasteiger partial charge in [-0.3, -0.25) is 5.10 Å². The quantitative estimate of drug-likeness (QED) is 0.647. The average molecular weight is 275 g/mol. The SMILES string of the molecule is Cc1nc(SCc2cccc(/C=C/C(=O)O)c2)n[nH]1. The van der Waals surface area contributed by atoms with E-state index in [1.807, 2.05) is 31.2 Å². The molecule has 1 heterocycles. The third-order valence-electron chi connectivity index (χ3n) is 2.31. The van der Waals surface area contributed by atoms with Crippen LogP contribution < -0.4 is 0 Å². The molecule has 0 saturated heterocycles. The maximum Gasteiger partial charge on any atom is 0.328 e. The number of aryl methyl sites for hydroxylation is 1. The number of carboxylic acids is 1. The lowest BCUT2D eigenvalue weighted by Crippen LogP contribution is -1.87. The molecule has 0 fully saturated rings. The number of nitrogens with one attached hydrogen (secondary N) is 1. The number of thioether (sulfide) groups is 1. The van der Waals surface area contributed by atoms with Crippen molar-refractivity contribution in [2.24, 2.45) is 0 Å². The Bertz CT molecular complexity index is 607. The van der Waals surface area contributed by atoms with E-state index in [-0.39, 0.29) is 0 Å². The Morgan fingerprint density at radius 2 is 2.37 bits per heavy atom. The van der Waals surface area contributed by atoms with Gasteiger partial charge >= 0.3 is 5.97 Å². The lowest BCUT2D eigenvalue weighted by molar-refractivity contribution is -0.131. The van der Waals surface area contributed by atoms with Gasteiger partial charge in [-0.2, -0.15) is 0 Å². The summed E-state index contributed by atoms with van der Waals surface area (Å²) in [6.45, 7) is 1.86. The highest BCUT2D eigenvalue weighted by Crippen LogP contribution is 2.19. The van der Waals surface area contributed by atoms with E-state index in [1.54, 1.807) is 6.08 Å². The molecule has 0 aliphatic carbocycles. The Hall–Kier alpha value is -2.08. The van der Waals surface area contributed by atoms with Gasteiger partial charge in [0.1, 0.15) is 5.82 Å². The summed E-state index contributed by atoms with van der Waals surface area (Å²) >= 11 is 1.53. The van der Waals surface area contributed by atoms with E-state index < -0.39 is 5.97 Å². The second-order valence-corrected chi connectivity index (χ2v) is 4.85. The molecular formula is C13H13N3O2S. The Morgan fingerprint density at radius 3 is 3.05 bits per heavy atom. The van der Waals surface area contributed by atoms with Crippen molar-refractivity contribution in [3.63, 3.8) is 0 Å². The molecule has 0 aliphatic rings. The molecule has 0 atom stereocenters. The van der Waals surface area contributed by atoms with E-state index in [1.165, 1.54) is 11.8 Å². The van der Waals surface area contributed by atoms with Gasteiger partial charge in [0.05, 0.1) is 0 Å². The summed E-state index contributed by atoms with van der Waals surface area (Å²) in [5.74, 6) is 0.586. The molecule has 2 rings (SSSR count). The zero-order valence-corrected chi connectivity index (χ0v) is 11.1. The Morgan fingerprint density at radius 1 is 1.53 bits per heavy atom. The molecule has 1 aromatic heterocycles. The smallest absolute Gasteiger partial charge is 0.328 e. The number of aromatic nitrogens is 3. The Balaban J connectivity index is 2.00. The van der Waals surface area contributed by atoms with Crippen LogP contribution in [0.1, 0.15) is 17.0 Å². The number of rotatable bonds is 5. The van der Waals surface area contributed by atoms with Gasteiger partial charge in [-0.1, -0.05) is 36.0 Å². The summed E-state index contributed by atoms with van der Waals surface area (Å²) in [5.41, 5.74) is 1.96. The first kappa shape index (κ1) is 13.4. The van der Waals surface area contributed by atoms with Gasteiger partial charge in [0.25, 0.3) is 0 Å². The van der Waals surface area contributed by atoms with Crippen LogP contribution in [0.2, 0.25) is 0 Å². The third kappa shape index (κ3) is 4.26. The van der Waals surface area contributed by atoms with Crippen molar-refractivity contribution < 1.29 is 9.90 Å². The zero-order chi connectivity index (χ0) is 13.7. The van der Waals surface area contributed by atoms with Crippen molar-refractivity contribution >= 4 is 23.8 Å². The van der Waals surface area contributed by atoms with Gasteiger partial charge in [0, 0.05) is 11.8 Å². The molecule has 0 spiro atoms. The monoisotopic (exact) mass is 275 g/mol. The molecule has 98 valence electrons. The van der Waals surface area contributed by atoms with E-state index in [0.29, 0.717) is 5.16 Å². The number of nitrogens with zero attached hydrogens (tertiary/aromatic N) is 2. The van der Waals surface area contributed by atoms with Crippen molar-refractivity contribution in [2.45, 2.75) is 17.8 Å². The molecular weight excluding hydrogens is 262 g/mol. The van der Waals surface area contributed by atoms with Gasteiger partial charge < -0.3 is 5.11 Å². The second kappa shape index (κ2) is 6.19. The summed E-state index contributed by atoms with van der Waals surface area (Å²) in [7, 11) is 0. The molecule has 19 heavy (non-hydrogen) atoms. The molecule has 0 radical (unpaired) electrons. The molecule has 5 nitrogen and oxygen atoms in total. The van der Waals surface area contributed by atoms with E-state index in [4.69, 9.17) is 5.11 Å². The first-order valence-corrected chi connectivity index (χ1v) is 6.64. The predicted molar refractivity (Wildman–Crippen MR) is 73.8 cm³/mol. The van der Waals surface area contributed by atoms with Crippen LogP contribution in [0.4, 0.5) is 0 Å². The summed E-state index contributed by atoms with van der Waals surface area (Å²) in [6, 6.07) is 7.71. The topological polar surface area (TPSA) is 78.9 Å². The number of benzene rings is 1. The normalized spacial score (nSPS) is 11.0. The van der Waals surface area contributed by atoms with Crippen molar-refractivity contribution in [1.82, 2.24) is 15.2 Å². The number of H-pyrrole nitrogens is 1. The largest absolute Gasteiger partial charge is 0.478 e. The molecule has 1 aromatic carbocycles. The molecule has 0 saturated carbocycles. The van der Waals surface area contributed by atoms with Crippen molar-refractivity contribution in [2.75, 3.05) is 0 Å². The highest BCUT2D eigenvalue weighted by molar-refractivity contribution is 7.98. The lowest BCUT2D eigenvalue weighted by atomic mass is 10.1.